The molecular formula is C12H18O2. The molecule has 0 saturated carbocycles. The summed E-state index contributed by atoms with van der Waals surface area (Å²) < 4.78 is 0. The van der Waals surface area contributed by atoms with Crippen LogP contribution in [0.5, 0.6) is 0 Å². The van der Waals surface area contributed by atoms with E-state index in [1.165, 1.54) is 5.57 Å². The van der Waals surface area contributed by atoms with Gasteiger partial charge in [0, 0.05) is 6.42 Å². The maximum absolute atomic E-state index is 10.4. The van der Waals surface area contributed by atoms with E-state index in [0.717, 1.165) is 6.42 Å². The van der Waals surface area contributed by atoms with Crippen molar-refractivity contribution < 1.29 is 9.90 Å². The molecule has 0 radical (unpaired) electrons. The second-order valence-corrected chi connectivity index (χ2v) is 4.18. The summed E-state index contributed by atoms with van der Waals surface area (Å²) in [6, 6.07) is 0. The third kappa shape index (κ3) is 3.36. The number of hydrogen-bond acceptors (Lipinski definition) is 1. The molecule has 1 atom stereocenters. The highest BCUT2D eigenvalue weighted by atomic mass is 16.4. The largest absolute Gasteiger partial charge is 0.481 e. The molecule has 0 aromatic heterocycles. The maximum atomic E-state index is 10.4. The lowest BCUT2D eigenvalue weighted by Gasteiger charge is -2.19. The van der Waals surface area contributed by atoms with Gasteiger partial charge >= 0.3 is 5.97 Å². The molecule has 1 aliphatic rings. The first-order valence-electron chi connectivity index (χ1n) is 5.18. The maximum Gasteiger partial charge on any atom is 0.303 e. The summed E-state index contributed by atoms with van der Waals surface area (Å²) >= 11 is 0. The molecule has 1 N–H and O–H groups in total. The highest BCUT2D eigenvalue weighted by Crippen LogP contribution is 2.24. The molecule has 2 nitrogen and oxygen atoms in total. The van der Waals surface area contributed by atoms with Gasteiger partial charge in [0.15, 0.2) is 0 Å². The van der Waals surface area contributed by atoms with Crippen LogP contribution in [-0.2, 0) is 4.79 Å². The lowest BCUT2D eigenvalue weighted by molar-refractivity contribution is -0.136. The zero-order chi connectivity index (χ0) is 10.6. The highest BCUT2D eigenvalue weighted by molar-refractivity contribution is 5.67. The Balaban J connectivity index is 2.39. The first-order chi connectivity index (χ1) is 6.59. The Hall–Kier alpha value is -1.05. The zero-order valence-corrected chi connectivity index (χ0v) is 8.86. The number of allylic oxidation sites excluding steroid dienone is 4. The van der Waals surface area contributed by atoms with Crippen molar-refractivity contribution in [3.05, 3.63) is 23.8 Å². The molecular weight excluding hydrogens is 176 g/mol. The van der Waals surface area contributed by atoms with Gasteiger partial charge in [-0.15, -0.1) is 0 Å². The van der Waals surface area contributed by atoms with Gasteiger partial charge in [0.25, 0.3) is 0 Å². The quantitative estimate of drug-likeness (QED) is 0.747. The monoisotopic (exact) mass is 194 g/mol. The second kappa shape index (κ2) is 4.99. The Morgan fingerprint density at radius 3 is 2.79 bits per heavy atom. The minimum Gasteiger partial charge on any atom is -0.481 e. The van der Waals surface area contributed by atoms with E-state index < -0.39 is 5.97 Å². The van der Waals surface area contributed by atoms with Crippen LogP contribution in [0.15, 0.2) is 23.8 Å². The van der Waals surface area contributed by atoms with Crippen LogP contribution in [0.2, 0.25) is 0 Å². The molecule has 78 valence electrons. The fourth-order valence-corrected chi connectivity index (χ4v) is 1.61. The molecule has 0 aliphatic heterocycles. The van der Waals surface area contributed by atoms with E-state index in [1.54, 1.807) is 0 Å². The van der Waals surface area contributed by atoms with Gasteiger partial charge in [0.1, 0.15) is 0 Å². The fraction of sp³-hybridized carbons (Fsp3) is 0.583. The first-order valence-corrected chi connectivity index (χ1v) is 5.18. The lowest BCUT2D eigenvalue weighted by atomic mass is 9.87. The molecule has 1 rings (SSSR count). The molecule has 1 unspecified atom stereocenters. The van der Waals surface area contributed by atoms with Gasteiger partial charge < -0.3 is 5.11 Å². The van der Waals surface area contributed by atoms with Crippen molar-refractivity contribution in [1.29, 1.82) is 0 Å². The highest BCUT2D eigenvalue weighted by Gasteiger charge is 2.12. The summed E-state index contributed by atoms with van der Waals surface area (Å²) in [7, 11) is 0. The molecule has 0 amide bonds. The molecule has 0 fully saturated rings. The molecule has 0 aromatic carbocycles. The van der Waals surface area contributed by atoms with Crippen molar-refractivity contribution in [3.8, 4) is 0 Å². The molecule has 0 heterocycles. The van der Waals surface area contributed by atoms with E-state index in [2.05, 4.69) is 32.1 Å². The number of hydrogen-bond donors (Lipinski definition) is 1. The van der Waals surface area contributed by atoms with E-state index in [4.69, 9.17) is 5.11 Å². The normalized spacial score (nSPS) is 21.1. The number of carboxylic acid groups (broad SMARTS) is 1. The molecule has 14 heavy (non-hydrogen) atoms. The molecule has 0 saturated heterocycles. The van der Waals surface area contributed by atoms with Gasteiger partial charge in [-0.1, -0.05) is 37.6 Å². The van der Waals surface area contributed by atoms with Crippen LogP contribution in [0.1, 0.15) is 33.1 Å². The summed E-state index contributed by atoms with van der Waals surface area (Å²) in [5, 5.41) is 8.53. The van der Waals surface area contributed by atoms with E-state index in [9.17, 15) is 4.79 Å². The lowest BCUT2D eigenvalue weighted by Crippen LogP contribution is -2.07. The van der Waals surface area contributed by atoms with Crippen LogP contribution in [-0.4, -0.2) is 11.1 Å². The van der Waals surface area contributed by atoms with Crippen molar-refractivity contribution in [3.63, 3.8) is 0 Å². The Labute approximate surface area is 85.3 Å². The summed E-state index contributed by atoms with van der Waals surface area (Å²) in [5.74, 6) is 0.581. The van der Waals surface area contributed by atoms with Crippen molar-refractivity contribution in [1.82, 2.24) is 0 Å². The third-order valence-electron chi connectivity index (χ3n) is 2.69. The van der Waals surface area contributed by atoms with Crippen LogP contribution in [0.25, 0.3) is 0 Å². The Morgan fingerprint density at radius 1 is 1.64 bits per heavy atom. The molecule has 0 spiro atoms. The molecule has 0 bridgehead atoms. The van der Waals surface area contributed by atoms with Crippen LogP contribution >= 0.6 is 0 Å². The Morgan fingerprint density at radius 2 is 2.36 bits per heavy atom. The second-order valence-electron chi connectivity index (χ2n) is 4.18. The minimum absolute atomic E-state index is 0.239. The van der Waals surface area contributed by atoms with E-state index >= 15 is 0 Å². The van der Waals surface area contributed by atoms with Gasteiger partial charge in [-0.3, -0.25) is 4.79 Å². The van der Waals surface area contributed by atoms with Gasteiger partial charge in [0.05, 0.1) is 0 Å². The van der Waals surface area contributed by atoms with Crippen molar-refractivity contribution in [2.45, 2.75) is 33.1 Å². The number of aliphatic carboxylic acids is 1. The zero-order valence-electron chi connectivity index (χ0n) is 8.86. The van der Waals surface area contributed by atoms with E-state index in [0.29, 0.717) is 18.3 Å². The summed E-state index contributed by atoms with van der Waals surface area (Å²) in [5.41, 5.74) is 1.17. The van der Waals surface area contributed by atoms with Gasteiger partial charge in [-0.2, -0.15) is 0 Å². The van der Waals surface area contributed by atoms with Gasteiger partial charge in [0.2, 0.25) is 0 Å². The molecule has 2 heteroatoms. The molecule has 1 aliphatic carbocycles. The van der Waals surface area contributed by atoms with Crippen molar-refractivity contribution in [2.75, 3.05) is 0 Å². The standard InChI is InChI=1S/C12H18O2/c1-9(2)11-6-3-10(4-7-11)5-8-12(13)14/h3-4,6,9,11H,5,7-8H2,1-2H3,(H,13,14). The predicted octanol–water partition coefficient (Wildman–Crippen LogP) is 3.01. The van der Waals surface area contributed by atoms with Crippen molar-refractivity contribution in [2.24, 2.45) is 11.8 Å². The topological polar surface area (TPSA) is 37.3 Å². The van der Waals surface area contributed by atoms with Gasteiger partial charge in [-0.05, 0) is 24.7 Å². The smallest absolute Gasteiger partial charge is 0.303 e. The fourth-order valence-electron chi connectivity index (χ4n) is 1.61. The van der Waals surface area contributed by atoms with Gasteiger partial charge in [-0.25, -0.2) is 0 Å². The van der Waals surface area contributed by atoms with E-state index in [-0.39, 0.29) is 6.42 Å². The van der Waals surface area contributed by atoms with Crippen LogP contribution in [0.3, 0.4) is 0 Å². The summed E-state index contributed by atoms with van der Waals surface area (Å²) in [6.45, 7) is 4.43. The minimum atomic E-state index is -0.717. The number of rotatable bonds is 4. The van der Waals surface area contributed by atoms with Crippen LogP contribution in [0.4, 0.5) is 0 Å². The SMILES string of the molecule is CC(C)C1C=CC(CCC(=O)O)=CC1. The Kier molecular flexibility index (Phi) is 3.93. The summed E-state index contributed by atoms with van der Waals surface area (Å²) in [4.78, 5) is 10.4. The van der Waals surface area contributed by atoms with Crippen LogP contribution in [0, 0.1) is 11.8 Å². The van der Waals surface area contributed by atoms with E-state index in [1.807, 2.05) is 0 Å². The number of carboxylic acids is 1. The number of carbonyl (C=O) groups is 1. The van der Waals surface area contributed by atoms with Crippen molar-refractivity contribution >= 4 is 5.97 Å². The third-order valence-corrected chi connectivity index (χ3v) is 2.69. The summed E-state index contributed by atoms with van der Waals surface area (Å²) in [6.07, 6.45) is 8.43. The molecule has 0 aromatic rings. The average Bonchev–Trinajstić information content (AvgIpc) is 2.15. The average molecular weight is 194 g/mol. The predicted molar refractivity (Wildman–Crippen MR) is 57.0 cm³/mol. The first kappa shape index (κ1) is 11.0. The Bertz CT molecular complexity index is 261. The van der Waals surface area contributed by atoms with Crippen LogP contribution < -0.4 is 0 Å².